The van der Waals surface area contributed by atoms with Crippen LogP contribution < -0.4 is 14.7 Å². The van der Waals surface area contributed by atoms with E-state index in [4.69, 9.17) is 0 Å². The Hall–Kier alpha value is -7.42. The third kappa shape index (κ3) is 9.74. The lowest BCUT2D eigenvalue weighted by atomic mass is 9.94. The third-order valence-electron chi connectivity index (χ3n) is 11.9. The number of benzene rings is 5. The molecule has 0 fully saturated rings. The highest BCUT2D eigenvalue weighted by Gasteiger charge is 2.26. The van der Waals surface area contributed by atoms with Crippen LogP contribution in [0.15, 0.2) is 242 Å². The maximum atomic E-state index is 4.45. The fourth-order valence-electron chi connectivity index (χ4n) is 8.73. The summed E-state index contributed by atoms with van der Waals surface area (Å²) in [5.41, 5.74) is 17.8. The van der Waals surface area contributed by atoms with Gasteiger partial charge in [0, 0.05) is 38.4 Å². The van der Waals surface area contributed by atoms with E-state index in [0.29, 0.717) is 0 Å². The summed E-state index contributed by atoms with van der Waals surface area (Å²) in [5, 5.41) is 2.64. The molecule has 65 heavy (non-hydrogen) atoms. The van der Waals surface area contributed by atoms with Crippen LogP contribution in [0.25, 0.3) is 44.1 Å². The third-order valence-corrected chi connectivity index (χ3v) is 13.1. The Balaban J connectivity index is 1.10. The number of allylic oxidation sites excluding steroid dienone is 14. The van der Waals surface area contributed by atoms with Crippen molar-refractivity contribution in [3.05, 3.63) is 263 Å². The van der Waals surface area contributed by atoms with Crippen molar-refractivity contribution in [2.24, 2.45) is 0 Å². The highest BCUT2D eigenvalue weighted by Crippen LogP contribution is 2.38. The summed E-state index contributed by atoms with van der Waals surface area (Å²) in [5.74, 6) is 0. The molecule has 1 atom stereocenters. The predicted octanol–water partition coefficient (Wildman–Crippen LogP) is 15.9. The minimum atomic E-state index is 0.0852. The minimum Gasteiger partial charge on any atom is -0.332 e. The first-order chi connectivity index (χ1) is 31.9. The van der Waals surface area contributed by atoms with Crippen molar-refractivity contribution in [3.8, 4) is 11.1 Å². The van der Waals surface area contributed by atoms with E-state index in [-0.39, 0.29) is 6.04 Å². The van der Waals surface area contributed by atoms with Crippen LogP contribution in [0.5, 0.6) is 0 Å². The van der Waals surface area contributed by atoms with E-state index in [2.05, 4.69) is 257 Å². The van der Waals surface area contributed by atoms with Crippen LogP contribution in [0.4, 0.5) is 17.1 Å². The summed E-state index contributed by atoms with van der Waals surface area (Å²) >= 11 is 1.88. The maximum Gasteiger partial charge on any atom is 0.0595 e. The molecule has 5 aromatic carbocycles. The van der Waals surface area contributed by atoms with Crippen molar-refractivity contribution >= 4 is 61.4 Å². The van der Waals surface area contributed by atoms with Gasteiger partial charge in [-0.2, -0.15) is 0 Å². The van der Waals surface area contributed by atoms with Crippen molar-refractivity contribution in [1.82, 2.24) is 4.90 Å². The van der Waals surface area contributed by atoms with Crippen molar-refractivity contribution in [1.29, 1.82) is 0 Å². The van der Waals surface area contributed by atoms with Gasteiger partial charge in [0.1, 0.15) is 0 Å². The number of hydrogen-bond acceptors (Lipinski definition) is 3. The fraction of sp³-hybridized carbons (Fsp3) is 0.113. The molecule has 3 heteroatoms. The lowest BCUT2D eigenvalue weighted by molar-refractivity contribution is 0.423. The Morgan fingerprint density at radius 1 is 0.708 bits per heavy atom. The lowest BCUT2D eigenvalue weighted by Gasteiger charge is -2.36. The quantitative estimate of drug-likeness (QED) is 0.0795. The zero-order chi connectivity index (χ0) is 45.1. The van der Waals surface area contributed by atoms with Gasteiger partial charge in [-0.15, -0.1) is 17.1 Å². The van der Waals surface area contributed by atoms with Gasteiger partial charge in [0.05, 0.1) is 16.3 Å². The predicted molar refractivity (Wildman–Crippen MR) is 285 cm³/mol. The van der Waals surface area contributed by atoms with E-state index in [9.17, 15) is 0 Å². The SMILES string of the molecule is C=C=CC=CC(=CC)c1ccc(-c2ccc(N(c3ccccc3)c3ccc(C4=CCC(N(C(C=CC)=C(C=CC)C(=C)C)C5=c6sc7ccccc7c6=CCC=C5)C=C4)cc3)cc2)cc1. The molecule has 0 saturated heterocycles. The van der Waals surface area contributed by atoms with Crippen LogP contribution >= 0.6 is 11.3 Å². The van der Waals surface area contributed by atoms with Crippen LogP contribution in [0, 0.1) is 0 Å². The minimum absolute atomic E-state index is 0.0852. The van der Waals surface area contributed by atoms with Gasteiger partial charge in [-0.25, -0.2) is 0 Å². The highest BCUT2D eigenvalue weighted by atomic mass is 32.1. The molecule has 0 amide bonds. The Morgan fingerprint density at radius 2 is 1.35 bits per heavy atom. The van der Waals surface area contributed by atoms with Gasteiger partial charge < -0.3 is 9.80 Å². The largest absolute Gasteiger partial charge is 0.332 e. The van der Waals surface area contributed by atoms with Gasteiger partial charge in [0.15, 0.2) is 0 Å². The van der Waals surface area contributed by atoms with Crippen LogP contribution in [0.3, 0.4) is 0 Å². The van der Waals surface area contributed by atoms with Crippen LogP contribution in [0.1, 0.15) is 51.7 Å². The van der Waals surface area contributed by atoms with Gasteiger partial charge >= 0.3 is 0 Å². The summed E-state index contributed by atoms with van der Waals surface area (Å²) in [6, 6.07) is 46.1. The lowest BCUT2D eigenvalue weighted by Crippen LogP contribution is -2.37. The average molecular weight is 861 g/mol. The smallest absolute Gasteiger partial charge is 0.0595 e. The number of para-hydroxylation sites is 1. The van der Waals surface area contributed by atoms with Crippen LogP contribution in [-0.4, -0.2) is 10.9 Å². The van der Waals surface area contributed by atoms with E-state index in [1.807, 2.05) is 23.5 Å². The van der Waals surface area contributed by atoms with Gasteiger partial charge in [0.2, 0.25) is 0 Å². The molecule has 0 radical (unpaired) electrons. The first-order valence-corrected chi connectivity index (χ1v) is 23.3. The van der Waals surface area contributed by atoms with Crippen molar-refractivity contribution in [3.63, 3.8) is 0 Å². The fourth-order valence-corrected chi connectivity index (χ4v) is 9.95. The van der Waals surface area contributed by atoms with Crippen LogP contribution in [-0.2, 0) is 0 Å². The molecule has 0 spiro atoms. The molecule has 2 nitrogen and oxygen atoms in total. The first kappa shape index (κ1) is 44.2. The number of fused-ring (bicyclic) bond motifs is 3. The monoisotopic (exact) mass is 860 g/mol. The summed E-state index contributed by atoms with van der Waals surface area (Å²) < 4.78 is 2.62. The molecule has 8 rings (SSSR count). The Labute approximate surface area is 389 Å². The van der Waals surface area contributed by atoms with Gasteiger partial charge in [-0.1, -0.05) is 165 Å². The summed E-state index contributed by atoms with van der Waals surface area (Å²) in [4.78, 5) is 4.88. The summed E-state index contributed by atoms with van der Waals surface area (Å²) in [6.07, 6.45) is 32.6. The standard InChI is InChI=1S/C62H56N2S/c1-7-11-13-22-46(10-4)47-29-31-48(32-30-47)49-33-39-53(40-34-49)63(52-23-14-12-15-24-52)54-41-35-50(36-42-54)51-37-43-55(44-38-51)64(59(21-9-3)56(20-8-2)45(5)6)60-27-18-16-26-58-57-25-17-19-28-61(57)65-62(58)60/h8-15,17-43,55H,1,5,16,44H2,2-4,6H3. The number of nitrogens with zero attached hydrogens (tertiary/aromatic N) is 2. The van der Waals surface area contributed by atoms with Crippen molar-refractivity contribution in [2.45, 2.75) is 46.6 Å². The molecule has 1 aromatic heterocycles. The molecule has 2 aliphatic rings. The topological polar surface area (TPSA) is 6.48 Å². The first-order valence-electron chi connectivity index (χ1n) is 22.5. The van der Waals surface area contributed by atoms with Gasteiger partial charge in [-0.3, -0.25) is 0 Å². The zero-order valence-electron chi connectivity index (χ0n) is 37.9. The van der Waals surface area contributed by atoms with E-state index in [1.54, 1.807) is 0 Å². The number of rotatable bonds is 14. The molecule has 2 aliphatic carbocycles. The van der Waals surface area contributed by atoms with E-state index in [0.717, 1.165) is 52.3 Å². The second kappa shape index (κ2) is 20.8. The molecule has 1 heterocycles. The maximum absolute atomic E-state index is 4.45. The molecule has 6 aromatic rings. The molecule has 0 N–H and O–H groups in total. The Bertz CT molecular complexity index is 3120. The van der Waals surface area contributed by atoms with E-state index < -0.39 is 0 Å². The highest BCUT2D eigenvalue weighted by molar-refractivity contribution is 7.17. The normalized spacial score (nSPS) is 15.4. The number of thiophene rings is 1. The molecular formula is C62H56N2S. The summed E-state index contributed by atoms with van der Waals surface area (Å²) in [7, 11) is 0. The number of hydrogen-bond donors (Lipinski definition) is 0. The Kier molecular flexibility index (Phi) is 14.2. The molecule has 0 bridgehead atoms. The molecule has 0 saturated carbocycles. The van der Waals surface area contributed by atoms with Crippen molar-refractivity contribution in [2.75, 3.05) is 4.90 Å². The zero-order valence-corrected chi connectivity index (χ0v) is 38.7. The average Bonchev–Trinajstić information content (AvgIpc) is 3.59. The second-order valence-electron chi connectivity index (χ2n) is 16.2. The number of anilines is 3. The Morgan fingerprint density at radius 3 is 1.98 bits per heavy atom. The van der Waals surface area contributed by atoms with E-state index >= 15 is 0 Å². The molecular weight excluding hydrogens is 805 g/mol. The molecule has 0 aliphatic heterocycles. The van der Waals surface area contributed by atoms with E-state index in [1.165, 1.54) is 53.4 Å². The summed E-state index contributed by atoms with van der Waals surface area (Å²) in [6.45, 7) is 16.5. The molecule has 320 valence electrons. The van der Waals surface area contributed by atoms with Gasteiger partial charge in [-0.05, 0) is 145 Å². The van der Waals surface area contributed by atoms with Gasteiger partial charge in [0.25, 0.3) is 0 Å². The second-order valence-corrected chi connectivity index (χ2v) is 17.2. The molecule has 1 unspecified atom stereocenters. The van der Waals surface area contributed by atoms with Crippen LogP contribution in [0.2, 0.25) is 0 Å². The van der Waals surface area contributed by atoms with Crippen molar-refractivity contribution < 1.29 is 0 Å².